The monoisotopic (exact) mass is 919 g/mol. The summed E-state index contributed by atoms with van der Waals surface area (Å²) in [4.78, 5) is 5.22. The van der Waals surface area contributed by atoms with E-state index in [0.717, 1.165) is 38.8 Å². The number of benzene rings is 9. The summed E-state index contributed by atoms with van der Waals surface area (Å²) in [7, 11) is 0. The highest BCUT2D eigenvalue weighted by Crippen LogP contribution is 2.50. The number of aryl methyl sites for hydroxylation is 4. The van der Waals surface area contributed by atoms with Crippen LogP contribution >= 0.6 is 0 Å². The van der Waals surface area contributed by atoms with Gasteiger partial charge in [-0.15, -0.1) is 0 Å². The van der Waals surface area contributed by atoms with E-state index in [-0.39, 0.29) is 17.5 Å². The predicted molar refractivity (Wildman–Crippen MR) is 304 cm³/mol. The molecule has 0 saturated heterocycles. The van der Waals surface area contributed by atoms with Gasteiger partial charge in [0.15, 0.2) is 0 Å². The molecule has 2 aliphatic rings. The summed E-state index contributed by atoms with van der Waals surface area (Å²) in [5.74, 6) is 0. The van der Waals surface area contributed by atoms with Crippen LogP contribution in [0.5, 0.6) is 0 Å². The lowest BCUT2D eigenvalue weighted by molar-refractivity contribution is 0.590. The van der Waals surface area contributed by atoms with Crippen LogP contribution in [0.1, 0.15) is 74.9 Å². The first-order chi connectivity index (χ1) is 34.2. The van der Waals surface area contributed by atoms with E-state index >= 15 is 0 Å². The fraction of sp³-hybridized carbons (Fsp3) is 0.182. The van der Waals surface area contributed by atoms with Gasteiger partial charge in [-0.3, -0.25) is 0 Å². The average molecular weight is 920 g/mol. The summed E-state index contributed by atoms with van der Waals surface area (Å²) in [5, 5.41) is 4.82. The minimum atomic E-state index is -0.152. The van der Waals surface area contributed by atoms with E-state index in [0.29, 0.717) is 0 Å². The third-order valence-electron chi connectivity index (χ3n) is 15.7. The van der Waals surface area contributed by atoms with E-state index in [2.05, 4.69) is 253 Å². The minimum absolute atomic E-state index is 0.0402. The van der Waals surface area contributed by atoms with Gasteiger partial charge in [0.2, 0.25) is 0 Å². The molecular formula is C66H58BN3O. The van der Waals surface area contributed by atoms with E-state index in [1.165, 1.54) is 106 Å². The molecule has 0 spiro atoms. The highest BCUT2D eigenvalue weighted by Gasteiger charge is 2.45. The number of hydrogen-bond donors (Lipinski definition) is 0. The van der Waals surface area contributed by atoms with Crippen LogP contribution in [0.25, 0.3) is 60.6 Å². The second-order valence-corrected chi connectivity index (χ2v) is 22.4. The molecule has 2 aliphatic heterocycles. The Bertz CT molecular complexity index is 3980. The Morgan fingerprint density at radius 3 is 1.75 bits per heavy atom. The van der Waals surface area contributed by atoms with Crippen LogP contribution in [0.3, 0.4) is 0 Å². The third kappa shape index (κ3) is 6.44. The average Bonchev–Trinajstić information content (AvgIpc) is 3.89. The summed E-state index contributed by atoms with van der Waals surface area (Å²) >= 11 is 0. The number of para-hydroxylation sites is 5. The van der Waals surface area contributed by atoms with Crippen molar-refractivity contribution < 1.29 is 4.42 Å². The maximum absolute atomic E-state index is 6.63. The van der Waals surface area contributed by atoms with Gasteiger partial charge in [0.25, 0.3) is 6.71 Å². The second-order valence-electron chi connectivity index (χ2n) is 22.4. The molecule has 0 amide bonds. The highest BCUT2D eigenvalue weighted by molar-refractivity contribution is 7.00. The van der Waals surface area contributed by atoms with Crippen LogP contribution in [0.15, 0.2) is 174 Å². The first-order valence-electron chi connectivity index (χ1n) is 25.3. The summed E-state index contributed by atoms with van der Waals surface area (Å²) in [6.45, 7) is 23.2. The summed E-state index contributed by atoms with van der Waals surface area (Å²) < 4.78 is 9.16. The molecule has 13 rings (SSSR count). The number of rotatable bonds is 4. The summed E-state index contributed by atoms with van der Waals surface area (Å²) in [6, 6.07) is 63.9. The van der Waals surface area contributed by atoms with Gasteiger partial charge >= 0.3 is 0 Å². The molecule has 4 nitrogen and oxygen atoms in total. The van der Waals surface area contributed by atoms with Gasteiger partial charge in [-0.2, -0.15) is 0 Å². The largest absolute Gasteiger partial charge is 0.455 e. The maximum atomic E-state index is 6.63. The smallest absolute Gasteiger partial charge is 0.252 e. The Balaban J connectivity index is 1.13. The van der Waals surface area contributed by atoms with Gasteiger partial charge in [0.1, 0.15) is 11.2 Å². The lowest BCUT2D eigenvalue weighted by atomic mass is 9.33. The van der Waals surface area contributed by atoms with Crippen molar-refractivity contribution in [3.05, 3.63) is 203 Å². The summed E-state index contributed by atoms with van der Waals surface area (Å²) in [6.07, 6.45) is 0. The quantitative estimate of drug-likeness (QED) is 0.164. The van der Waals surface area contributed by atoms with Crippen LogP contribution in [0, 0.1) is 27.7 Å². The molecule has 0 bridgehead atoms. The number of nitrogens with zero attached hydrogens (tertiary/aromatic N) is 3. The summed E-state index contributed by atoms with van der Waals surface area (Å²) in [5.41, 5.74) is 26.4. The molecule has 0 radical (unpaired) electrons. The fourth-order valence-corrected chi connectivity index (χ4v) is 12.3. The van der Waals surface area contributed by atoms with Crippen molar-refractivity contribution in [3.8, 4) is 16.8 Å². The number of fused-ring (bicyclic) bond motifs is 10. The van der Waals surface area contributed by atoms with E-state index in [1.807, 2.05) is 0 Å². The van der Waals surface area contributed by atoms with Crippen LogP contribution in [0.2, 0.25) is 0 Å². The molecule has 0 atom stereocenters. The molecule has 11 aromatic rings. The molecule has 0 saturated carbocycles. The van der Waals surface area contributed by atoms with Crippen molar-refractivity contribution in [2.45, 2.75) is 80.1 Å². The molecule has 4 heterocycles. The van der Waals surface area contributed by atoms with E-state index in [9.17, 15) is 0 Å². The van der Waals surface area contributed by atoms with Crippen LogP contribution in [-0.4, -0.2) is 11.3 Å². The maximum Gasteiger partial charge on any atom is 0.252 e. The molecule has 0 fully saturated rings. The van der Waals surface area contributed by atoms with Gasteiger partial charge in [-0.1, -0.05) is 151 Å². The third-order valence-corrected chi connectivity index (χ3v) is 15.7. The predicted octanol–water partition coefficient (Wildman–Crippen LogP) is 16.3. The second kappa shape index (κ2) is 15.4. The van der Waals surface area contributed by atoms with Crippen molar-refractivity contribution in [2.75, 3.05) is 9.80 Å². The van der Waals surface area contributed by atoms with Crippen LogP contribution in [-0.2, 0) is 10.8 Å². The molecule has 5 heteroatoms. The van der Waals surface area contributed by atoms with Gasteiger partial charge in [0, 0.05) is 55.5 Å². The van der Waals surface area contributed by atoms with Gasteiger partial charge in [-0.25, -0.2) is 0 Å². The number of furan rings is 1. The zero-order valence-electron chi connectivity index (χ0n) is 42.5. The first-order valence-corrected chi connectivity index (χ1v) is 25.3. The van der Waals surface area contributed by atoms with Crippen LogP contribution in [0.4, 0.5) is 34.1 Å². The SMILES string of the molecule is Cc1cc(-c2cccc3c2oc2ccccc23)cc(C)c1N1c2cc(C(C)(C)C)ccc2B2c3cc4c5ccccc5n(-c5c(C)cccc5C)c4cc3N(c3ccccc3)c3cc(C(C)(C)C)cc1c32. The number of hydrogen-bond acceptors (Lipinski definition) is 3. The molecular weight excluding hydrogens is 862 g/mol. The Hall–Kier alpha value is -7.76. The molecule has 0 N–H and O–H groups in total. The molecule has 71 heavy (non-hydrogen) atoms. The van der Waals surface area contributed by atoms with E-state index in [1.54, 1.807) is 0 Å². The van der Waals surface area contributed by atoms with Crippen molar-refractivity contribution in [3.63, 3.8) is 0 Å². The van der Waals surface area contributed by atoms with Crippen molar-refractivity contribution in [2.24, 2.45) is 0 Å². The molecule has 0 unspecified atom stereocenters. The van der Waals surface area contributed by atoms with Gasteiger partial charge in [-0.05, 0) is 155 Å². The van der Waals surface area contributed by atoms with E-state index in [4.69, 9.17) is 4.42 Å². The lowest BCUT2D eigenvalue weighted by Crippen LogP contribution is -2.61. The van der Waals surface area contributed by atoms with Crippen LogP contribution < -0.4 is 26.2 Å². The highest BCUT2D eigenvalue weighted by atomic mass is 16.3. The number of aromatic nitrogens is 1. The van der Waals surface area contributed by atoms with E-state index < -0.39 is 0 Å². The van der Waals surface area contributed by atoms with Crippen molar-refractivity contribution >= 4 is 101 Å². The minimum Gasteiger partial charge on any atom is -0.455 e. The standard InChI is InChI=1S/C66H58BN3O/c1-39-20-18-21-40(2)62(39)69-54-28-16-14-24-48(54)51-37-53-57(38-55(51)69)68(46-22-12-11-13-23-46)58-35-45(66(8,9)10)36-59-61(58)67(53)52-31-30-44(65(5,6)7)34-56(52)70(59)63-41(3)32-43(33-42(63)4)47-26-19-27-50-49-25-15-17-29-60(49)71-64(47)50/h11-38H,1-10H3. The van der Waals surface area contributed by atoms with Gasteiger partial charge in [0.05, 0.1) is 22.4 Å². The topological polar surface area (TPSA) is 24.6 Å². The molecule has 0 aliphatic carbocycles. The Kier molecular flexibility index (Phi) is 9.37. The number of anilines is 6. The molecule has 2 aromatic heterocycles. The fourth-order valence-electron chi connectivity index (χ4n) is 12.3. The Labute approximate surface area is 417 Å². The zero-order chi connectivity index (χ0) is 48.8. The Morgan fingerprint density at radius 2 is 1.03 bits per heavy atom. The normalized spacial score (nSPS) is 13.4. The first kappa shape index (κ1) is 43.3. The van der Waals surface area contributed by atoms with Crippen molar-refractivity contribution in [1.82, 2.24) is 4.57 Å². The lowest BCUT2D eigenvalue weighted by Gasteiger charge is -2.46. The Morgan fingerprint density at radius 1 is 0.423 bits per heavy atom. The zero-order valence-corrected chi connectivity index (χ0v) is 42.5. The van der Waals surface area contributed by atoms with Crippen molar-refractivity contribution in [1.29, 1.82) is 0 Å². The molecule has 9 aromatic carbocycles. The van der Waals surface area contributed by atoms with Gasteiger partial charge < -0.3 is 18.8 Å². The molecule has 346 valence electrons.